The van der Waals surface area contributed by atoms with E-state index in [0.29, 0.717) is 44.1 Å². The number of carbonyl (C=O) groups excluding carboxylic acids is 1. The van der Waals surface area contributed by atoms with Crippen LogP contribution in [0.15, 0.2) is 85.1 Å². The Balaban J connectivity index is 0.959. The summed E-state index contributed by atoms with van der Waals surface area (Å²) in [6, 6.07) is 12.6. The molecule has 1 aromatic carbocycles. The van der Waals surface area contributed by atoms with E-state index in [2.05, 4.69) is 39.1 Å². The SMILES string of the molecule is C=C1C=CC=C(Oc2ncnc3c2ccn3CCC2CCN(C(=O)OCCOCc3ccccc3)CC2)C1N1CC1C. The third-order valence-electron chi connectivity index (χ3n) is 8.38. The first-order chi connectivity index (χ1) is 20.6. The lowest BCUT2D eigenvalue weighted by Crippen LogP contribution is -2.39. The van der Waals surface area contributed by atoms with Crippen LogP contribution in [0.3, 0.4) is 0 Å². The van der Waals surface area contributed by atoms with Crippen molar-refractivity contribution in [2.75, 3.05) is 32.8 Å². The molecule has 3 aromatic rings. The molecule has 3 unspecified atom stereocenters. The number of likely N-dealkylation sites (tertiary alicyclic amines) is 1. The second kappa shape index (κ2) is 12.9. The number of hydrogen-bond donors (Lipinski definition) is 0. The summed E-state index contributed by atoms with van der Waals surface area (Å²) in [4.78, 5) is 25.7. The molecule has 2 saturated heterocycles. The minimum Gasteiger partial charge on any atom is -0.447 e. The normalized spacial score (nSPS) is 22.3. The van der Waals surface area contributed by atoms with Gasteiger partial charge in [-0.3, -0.25) is 4.90 Å². The minimum absolute atomic E-state index is 0.0493. The summed E-state index contributed by atoms with van der Waals surface area (Å²) in [6.07, 6.45) is 12.4. The highest BCUT2D eigenvalue weighted by molar-refractivity contribution is 5.81. The second-order valence-corrected chi connectivity index (χ2v) is 11.4. The van der Waals surface area contributed by atoms with Gasteiger partial charge in [-0.05, 0) is 55.4 Å². The van der Waals surface area contributed by atoms with Crippen molar-refractivity contribution in [3.8, 4) is 5.88 Å². The van der Waals surface area contributed by atoms with E-state index in [1.54, 1.807) is 6.33 Å². The third-order valence-corrected chi connectivity index (χ3v) is 8.38. The van der Waals surface area contributed by atoms with Gasteiger partial charge in [0.15, 0.2) is 0 Å². The predicted octanol–water partition coefficient (Wildman–Crippen LogP) is 5.35. The molecule has 0 N–H and O–H groups in total. The molecular weight excluding hydrogens is 530 g/mol. The molecule has 9 nitrogen and oxygen atoms in total. The second-order valence-electron chi connectivity index (χ2n) is 11.4. The van der Waals surface area contributed by atoms with Crippen molar-refractivity contribution < 1.29 is 19.0 Å². The monoisotopic (exact) mass is 569 g/mol. The molecule has 42 heavy (non-hydrogen) atoms. The fourth-order valence-electron chi connectivity index (χ4n) is 5.84. The van der Waals surface area contributed by atoms with E-state index in [0.717, 1.165) is 60.3 Å². The van der Waals surface area contributed by atoms with Gasteiger partial charge >= 0.3 is 6.09 Å². The maximum absolute atomic E-state index is 12.5. The number of hydrogen-bond acceptors (Lipinski definition) is 7. The summed E-state index contributed by atoms with van der Waals surface area (Å²) in [6.45, 7) is 11.0. The average molecular weight is 570 g/mol. The molecule has 3 aliphatic rings. The van der Waals surface area contributed by atoms with Crippen LogP contribution in [-0.2, 0) is 22.6 Å². The largest absolute Gasteiger partial charge is 0.447 e. The Morgan fingerprint density at radius 1 is 1.10 bits per heavy atom. The number of piperidine rings is 1. The van der Waals surface area contributed by atoms with E-state index < -0.39 is 0 Å². The molecule has 2 fully saturated rings. The van der Waals surface area contributed by atoms with E-state index in [4.69, 9.17) is 14.2 Å². The van der Waals surface area contributed by atoms with Gasteiger partial charge in [0.1, 0.15) is 24.3 Å². The predicted molar refractivity (Wildman–Crippen MR) is 161 cm³/mol. The summed E-state index contributed by atoms with van der Waals surface area (Å²) < 4.78 is 19.6. The highest BCUT2D eigenvalue weighted by atomic mass is 16.6. The van der Waals surface area contributed by atoms with Crippen LogP contribution in [0.25, 0.3) is 11.0 Å². The lowest BCUT2D eigenvalue weighted by atomic mass is 9.94. The first kappa shape index (κ1) is 28.2. The Kier molecular flexibility index (Phi) is 8.67. The van der Waals surface area contributed by atoms with Gasteiger partial charge in [-0.2, -0.15) is 0 Å². The summed E-state index contributed by atoms with van der Waals surface area (Å²) in [5.41, 5.74) is 3.02. The van der Waals surface area contributed by atoms with E-state index in [1.165, 1.54) is 0 Å². The molecule has 0 bridgehead atoms. The Hall–Kier alpha value is -3.95. The number of allylic oxidation sites excluding steroid dienone is 2. The molecule has 1 aliphatic carbocycles. The van der Waals surface area contributed by atoms with Crippen molar-refractivity contribution >= 4 is 17.1 Å². The number of aryl methyl sites for hydroxylation is 1. The lowest BCUT2D eigenvalue weighted by molar-refractivity contribution is 0.0432. The molecule has 3 atom stereocenters. The van der Waals surface area contributed by atoms with Gasteiger partial charge in [0.25, 0.3) is 0 Å². The highest BCUT2D eigenvalue weighted by Crippen LogP contribution is 2.34. The Labute approximate surface area is 247 Å². The number of amides is 1. The Bertz CT molecular complexity index is 1460. The first-order valence-corrected chi connectivity index (χ1v) is 14.9. The van der Waals surface area contributed by atoms with Gasteiger partial charge in [-0.25, -0.2) is 14.8 Å². The van der Waals surface area contributed by atoms with E-state index in [-0.39, 0.29) is 18.7 Å². The van der Waals surface area contributed by atoms with Crippen molar-refractivity contribution in [2.24, 2.45) is 5.92 Å². The van der Waals surface area contributed by atoms with Gasteiger partial charge in [0.2, 0.25) is 5.88 Å². The van der Waals surface area contributed by atoms with Crippen molar-refractivity contribution in [2.45, 2.75) is 51.4 Å². The zero-order chi connectivity index (χ0) is 28.9. The number of nitrogens with zero attached hydrogens (tertiary/aromatic N) is 5. The molecule has 2 aromatic heterocycles. The summed E-state index contributed by atoms with van der Waals surface area (Å²) >= 11 is 0. The number of benzene rings is 1. The molecule has 4 heterocycles. The van der Waals surface area contributed by atoms with Gasteiger partial charge in [-0.1, -0.05) is 49.1 Å². The highest BCUT2D eigenvalue weighted by Gasteiger charge is 2.40. The van der Waals surface area contributed by atoms with Crippen LogP contribution in [0.1, 0.15) is 31.7 Å². The van der Waals surface area contributed by atoms with Crippen LogP contribution in [0.4, 0.5) is 4.79 Å². The average Bonchev–Trinajstić information content (AvgIpc) is 3.57. The van der Waals surface area contributed by atoms with Crippen LogP contribution in [0.2, 0.25) is 0 Å². The number of aromatic nitrogens is 3. The van der Waals surface area contributed by atoms with Crippen LogP contribution in [0, 0.1) is 5.92 Å². The minimum atomic E-state index is -0.250. The van der Waals surface area contributed by atoms with Crippen molar-refractivity contribution in [1.82, 2.24) is 24.3 Å². The Morgan fingerprint density at radius 3 is 2.69 bits per heavy atom. The van der Waals surface area contributed by atoms with E-state index >= 15 is 0 Å². The summed E-state index contributed by atoms with van der Waals surface area (Å²) in [5.74, 6) is 1.97. The maximum atomic E-state index is 12.5. The van der Waals surface area contributed by atoms with Crippen LogP contribution < -0.4 is 4.74 Å². The maximum Gasteiger partial charge on any atom is 0.409 e. The van der Waals surface area contributed by atoms with Crippen LogP contribution >= 0.6 is 0 Å². The Morgan fingerprint density at radius 2 is 1.90 bits per heavy atom. The third kappa shape index (κ3) is 6.58. The van der Waals surface area contributed by atoms with Gasteiger partial charge in [0, 0.05) is 38.4 Å². The van der Waals surface area contributed by atoms with E-state index in [9.17, 15) is 4.79 Å². The summed E-state index contributed by atoms with van der Waals surface area (Å²) in [7, 11) is 0. The molecule has 6 rings (SSSR count). The fraction of sp³-hybridized carbons (Fsp3) is 0.424. The molecular formula is C33H39N5O4. The number of fused-ring (bicyclic) bond motifs is 1. The molecule has 1 amide bonds. The van der Waals surface area contributed by atoms with Crippen molar-refractivity contribution in [1.29, 1.82) is 0 Å². The molecule has 0 spiro atoms. The molecule has 9 heteroatoms. The topological polar surface area (TPSA) is 81.7 Å². The van der Waals surface area contributed by atoms with Crippen molar-refractivity contribution in [3.05, 3.63) is 90.6 Å². The standard InChI is InChI=1S/C33H39N5O4/c1-24-7-6-10-29(30(24)38-21-25(38)2)42-32-28-14-18-36(31(28)34-23-35-32)15-11-26-12-16-37(17-13-26)33(39)41-20-19-40-22-27-8-4-3-5-9-27/h3-10,14,18,23,25-26,30H,1,11-13,15-17,19-22H2,2H3. The molecule has 2 aliphatic heterocycles. The number of carbonyl (C=O) groups is 1. The molecule has 220 valence electrons. The summed E-state index contributed by atoms with van der Waals surface area (Å²) in [5, 5.41) is 0.904. The zero-order valence-corrected chi connectivity index (χ0v) is 24.2. The van der Waals surface area contributed by atoms with Crippen LogP contribution in [-0.4, -0.2) is 75.4 Å². The van der Waals surface area contributed by atoms with Crippen molar-refractivity contribution in [3.63, 3.8) is 0 Å². The number of rotatable bonds is 11. The van der Waals surface area contributed by atoms with Gasteiger partial charge in [0.05, 0.1) is 24.6 Å². The first-order valence-electron chi connectivity index (χ1n) is 14.9. The van der Waals surface area contributed by atoms with Gasteiger partial charge in [-0.15, -0.1) is 0 Å². The van der Waals surface area contributed by atoms with E-state index in [1.807, 2.05) is 59.5 Å². The smallest absolute Gasteiger partial charge is 0.409 e. The quantitative estimate of drug-likeness (QED) is 0.228. The molecule has 0 radical (unpaired) electrons. The zero-order valence-electron chi connectivity index (χ0n) is 24.2. The fourth-order valence-corrected chi connectivity index (χ4v) is 5.84. The number of ether oxygens (including phenoxy) is 3. The van der Waals surface area contributed by atoms with Crippen LogP contribution in [0.5, 0.6) is 5.88 Å². The lowest BCUT2D eigenvalue weighted by Gasteiger charge is -2.31. The van der Waals surface area contributed by atoms with Gasteiger partial charge < -0.3 is 23.7 Å². The molecule has 0 saturated carbocycles.